The summed E-state index contributed by atoms with van der Waals surface area (Å²) in [6, 6.07) is 52.0. The number of rotatable bonds is 5. The Morgan fingerprint density at radius 2 is 1.20 bits per heavy atom. The fourth-order valence-electron chi connectivity index (χ4n) is 5.93. The average molecular weight is 758 g/mol. The minimum absolute atomic E-state index is 0. The van der Waals surface area contributed by atoms with Gasteiger partial charge in [-0.05, 0) is 79.6 Å². The lowest BCUT2D eigenvalue weighted by Crippen LogP contribution is -2.07. The Labute approximate surface area is 340 Å². The van der Waals surface area contributed by atoms with Gasteiger partial charge in [-0.2, -0.15) is 0 Å². The highest BCUT2D eigenvalue weighted by atomic mass is 32.1. The van der Waals surface area contributed by atoms with Gasteiger partial charge in [0.05, 0.1) is 11.4 Å². The van der Waals surface area contributed by atoms with E-state index < -0.39 is 0 Å². The van der Waals surface area contributed by atoms with Crippen molar-refractivity contribution in [2.24, 2.45) is 5.73 Å². The van der Waals surface area contributed by atoms with Gasteiger partial charge in [0.2, 0.25) is 0 Å². The van der Waals surface area contributed by atoms with Crippen LogP contribution < -0.4 is 11.1 Å². The predicted molar refractivity (Wildman–Crippen MR) is 250 cm³/mol. The molecular formula is C52H59N3S. The number of hydrogen-bond acceptors (Lipinski definition) is 4. The lowest BCUT2D eigenvalue weighted by Gasteiger charge is -2.09. The van der Waals surface area contributed by atoms with Gasteiger partial charge in [-0.25, -0.2) is 0 Å². The van der Waals surface area contributed by atoms with Gasteiger partial charge in [-0.1, -0.05) is 184 Å². The third-order valence-electron chi connectivity index (χ3n) is 8.84. The van der Waals surface area contributed by atoms with Crippen molar-refractivity contribution in [1.29, 1.82) is 5.41 Å². The molecule has 3 nitrogen and oxygen atoms in total. The molecule has 0 fully saturated rings. The van der Waals surface area contributed by atoms with Crippen LogP contribution in [0.2, 0.25) is 0 Å². The molecule has 288 valence electrons. The molecule has 0 amide bonds. The molecule has 4 N–H and O–H groups in total. The molecule has 0 bridgehead atoms. The molecule has 0 unspecified atom stereocenters. The van der Waals surface area contributed by atoms with E-state index in [1.165, 1.54) is 53.6 Å². The molecule has 0 spiro atoms. The fraction of sp³-hybridized carbons (Fsp3) is 0.173. The lowest BCUT2D eigenvalue weighted by atomic mass is 9.95. The SMILES string of the molecule is C.CC.CN/C=C(\N)C1=CC=CCC1.Cc1cc2sc3ccccc3c2cc1-c1ccc(C(=N)c2ccccc2)cc1.Cc1ccccc1.Cc1ccccc1. The molecule has 1 aromatic heterocycles. The molecule has 6 aromatic carbocycles. The van der Waals surface area contributed by atoms with Crippen molar-refractivity contribution < 1.29 is 0 Å². The Bertz CT molecular complexity index is 2260. The van der Waals surface area contributed by atoms with Gasteiger partial charge >= 0.3 is 0 Å². The molecule has 1 aliphatic rings. The van der Waals surface area contributed by atoms with Gasteiger partial charge in [-0.3, -0.25) is 5.41 Å². The first-order valence-corrected chi connectivity index (χ1v) is 19.8. The van der Waals surface area contributed by atoms with E-state index in [1.807, 2.05) is 105 Å². The molecule has 7 aromatic rings. The Hall–Kier alpha value is -5.97. The molecule has 1 heterocycles. The monoisotopic (exact) mass is 757 g/mol. The van der Waals surface area contributed by atoms with Gasteiger partial charge in [0.25, 0.3) is 0 Å². The summed E-state index contributed by atoms with van der Waals surface area (Å²) in [6.45, 7) is 10.3. The minimum Gasteiger partial charge on any atom is -0.397 e. The summed E-state index contributed by atoms with van der Waals surface area (Å²) >= 11 is 1.86. The molecule has 0 saturated carbocycles. The average Bonchev–Trinajstić information content (AvgIpc) is 3.60. The largest absolute Gasteiger partial charge is 0.397 e. The van der Waals surface area contributed by atoms with Crippen LogP contribution in [0, 0.1) is 26.2 Å². The maximum Gasteiger partial charge on any atom is 0.0684 e. The van der Waals surface area contributed by atoms with E-state index in [0.29, 0.717) is 5.71 Å². The molecule has 0 atom stereocenters. The van der Waals surface area contributed by atoms with E-state index >= 15 is 0 Å². The van der Waals surface area contributed by atoms with Gasteiger partial charge in [0, 0.05) is 39.0 Å². The summed E-state index contributed by atoms with van der Waals surface area (Å²) in [6.07, 6.45) is 10.2. The first kappa shape index (κ1) is 44.4. The third-order valence-corrected chi connectivity index (χ3v) is 9.97. The second-order valence-electron chi connectivity index (χ2n) is 12.9. The molecule has 4 heteroatoms. The standard InChI is InChI=1S/C26H19NS.C9H14N2.2C7H8.C2H6.CH4/c1-17-15-25-23(21-9-5-6-10-24(21)28-25)16-22(17)18-11-13-20(14-12-18)26(27)19-7-3-2-4-8-19;1-11-7-9(10)8-5-3-2-4-6-8;2*1-7-5-3-2-4-6-7;1-2;/h2-16,27H,1H3;2-3,5,7,11H,4,6,10H2,1H3;2*2-6H,1H3;1-2H3;1H4/b;9-7-;;;;. The number of nitrogens with one attached hydrogen (secondary N) is 2. The van der Waals surface area contributed by atoms with Crippen molar-refractivity contribution in [3.8, 4) is 11.1 Å². The number of benzene rings is 6. The van der Waals surface area contributed by atoms with Gasteiger partial charge in [0.1, 0.15) is 0 Å². The summed E-state index contributed by atoms with van der Waals surface area (Å²) in [5.74, 6) is 0. The van der Waals surface area contributed by atoms with E-state index in [9.17, 15) is 0 Å². The first-order chi connectivity index (χ1) is 26.8. The zero-order valence-electron chi connectivity index (χ0n) is 33.1. The van der Waals surface area contributed by atoms with Crippen molar-refractivity contribution in [3.05, 3.63) is 215 Å². The molecule has 0 aliphatic heterocycles. The maximum atomic E-state index is 8.47. The number of aryl methyl sites for hydroxylation is 3. The van der Waals surface area contributed by atoms with Crippen LogP contribution >= 0.6 is 11.3 Å². The molecule has 8 rings (SSSR count). The summed E-state index contributed by atoms with van der Waals surface area (Å²) in [5.41, 5.74) is 16.6. The van der Waals surface area contributed by atoms with E-state index in [1.54, 1.807) is 0 Å². The Morgan fingerprint density at radius 3 is 1.71 bits per heavy atom. The molecule has 0 radical (unpaired) electrons. The van der Waals surface area contributed by atoms with Crippen LogP contribution in [0.5, 0.6) is 0 Å². The van der Waals surface area contributed by atoms with Gasteiger partial charge < -0.3 is 11.1 Å². The smallest absolute Gasteiger partial charge is 0.0684 e. The van der Waals surface area contributed by atoms with Crippen molar-refractivity contribution in [2.45, 2.75) is 54.9 Å². The van der Waals surface area contributed by atoms with E-state index in [-0.39, 0.29) is 7.43 Å². The highest BCUT2D eigenvalue weighted by molar-refractivity contribution is 7.25. The zero-order valence-corrected chi connectivity index (χ0v) is 34.0. The number of fused-ring (bicyclic) bond motifs is 3. The zero-order chi connectivity index (χ0) is 39.4. The second-order valence-corrected chi connectivity index (χ2v) is 14.0. The van der Waals surface area contributed by atoms with E-state index in [4.69, 9.17) is 11.1 Å². The Balaban J connectivity index is 0.000000245. The molecular weight excluding hydrogens is 699 g/mol. The van der Waals surface area contributed by atoms with Crippen molar-refractivity contribution in [1.82, 2.24) is 5.32 Å². The van der Waals surface area contributed by atoms with E-state index in [2.05, 4.69) is 129 Å². The van der Waals surface area contributed by atoms with Crippen LogP contribution in [-0.2, 0) is 0 Å². The number of allylic oxidation sites excluding steroid dienone is 4. The van der Waals surface area contributed by atoms with Gasteiger partial charge in [-0.15, -0.1) is 11.3 Å². The Morgan fingerprint density at radius 1 is 0.661 bits per heavy atom. The summed E-state index contributed by atoms with van der Waals surface area (Å²) in [7, 11) is 1.85. The van der Waals surface area contributed by atoms with E-state index in [0.717, 1.165) is 29.7 Å². The quantitative estimate of drug-likeness (QED) is 0.153. The van der Waals surface area contributed by atoms with Crippen molar-refractivity contribution in [3.63, 3.8) is 0 Å². The normalized spacial score (nSPS) is 11.4. The van der Waals surface area contributed by atoms with Gasteiger partial charge in [0.15, 0.2) is 0 Å². The van der Waals surface area contributed by atoms with Crippen LogP contribution in [0.3, 0.4) is 0 Å². The van der Waals surface area contributed by atoms with Crippen molar-refractivity contribution >= 4 is 37.2 Å². The second kappa shape index (κ2) is 23.7. The fourth-order valence-corrected chi connectivity index (χ4v) is 7.12. The lowest BCUT2D eigenvalue weighted by molar-refractivity contribution is 0.947. The van der Waals surface area contributed by atoms with Crippen LogP contribution in [0.15, 0.2) is 187 Å². The number of thiophene rings is 1. The van der Waals surface area contributed by atoms with Crippen molar-refractivity contribution in [2.75, 3.05) is 7.05 Å². The summed E-state index contributed by atoms with van der Waals surface area (Å²) < 4.78 is 2.67. The van der Waals surface area contributed by atoms with Crippen LogP contribution in [0.4, 0.5) is 0 Å². The highest BCUT2D eigenvalue weighted by Crippen LogP contribution is 2.38. The predicted octanol–water partition coefficient (Wildman–Crippen LogP) is 14.4. The summed E-state index contributed by atoms with van der Waals surface area (Å²) in [4.78, 5) is 0. The summed E-state index contributed by atoms with van der Waals surface area (Å²) in [5, 5.41) is 14.0. The highest BCUT2D eigenvalue weighted by Gasteiger charge is 2.11. The molecule has 0 saturated heterocycles. The minimum atomic E-state index is 0. The number of nitrogens with two attached hydrogens (primary N) is 1. The number of hydrogen-bond donors (Lipinski definition) is 3. The molecule has 1 aliphatic carbocycles. The third kappa shape index (κ3) is 13.1. The van der Waals surface area contributed by atoms with Crippen LogP contribution in [-0.4, -0.2) is 12.8 Å². The van der Waals surface area contributed by atoms with Crippen LogP contribution in [0.1, 0.15) is 61.9 Å². The first-order valence-electron chi connectivity index (χ1n) is 19.0. The topological polar surface area (TPSA) is 61.9 Å². The van der Waals surface area contributed by atoms with Crippen LogP contribution in [0.25, 0.3) is 31.3 Å². The molecule has 56 heavy (non-hydrogen) atoms. The maximum absolute atomic E-state index is 8.47. The Kier molecular flexibility index (Phi) is 18.8.